The predicted octanol–water partition coefficient (Wildman–Crippen LogP) is 3.26. The molecule has 31 heavy (non-hydrogen) atoms. The number of nitrogens with zero attached hydrogens (tertiary/aromatic N) is 2. The molecule has 2 aliphatic rings. The Morgan fingerprint density at radius 3 is 1.77 bits per heavy atom. The van der Waals surface area contributed by atoms with E-state index in [4.69, 9.17) is 0 Å². The van der Waals surface area contributed by atoms with Gasteiger partial charge in [-0.3, -0.25) is 0 Å². The maximum atomic E-state index is 13.8. The summed E-state index contributed by atoms with van der Waals surface area (Å²) in [6.45, 7) is 4.78. The van der Waals surface area contributed by atoms with Gasteiger partial charge in [-0.2, -0.15) is 0 Å². The molecule has 1 aliphatic carbocycles. The molecule has 5 nitrogen and oxygen atoms in total. The Kier molecular flexibility index (Phi) is 6.73. The molecule has 1 aliphatic heterocycles. The monoisotopic (exact) mass is 420 g/mol. The maximum Gasteiger partial charge on any atom is 0.321 e. The van der Waals surface area contributed by atoms with Crippen LogP contribution in [0.3, 0.4) is 0 Å². The van der Waals surface area contributed by atoms with E-state index < -0.39 is 24.3 Å². The van der Waals surface area contributed by atoms with E-state index in [9.17, 15) is 15.0 Å². The van der Waals surface area contributed by atoms with Crippen LogP contribution in [0.4, 0.5) is 4.79 Å². The molecule has 0 spiro atoms. The Morgan fingerprint density at radius 1 is 0.839 bits per heavy atom. The lowest BCUT2D eigenvalue weighted by atomic mass is 9.91. The van der Waals surface area contributed by atoms with E-state index in [1.165, 1.54) is 0 Å². The van der Waals surface area contributed by atoms with Gasteiger partial charge in [0.1, 0.15) is 12.2 Å². The Hall–Kier alpha value is -2.63. The second kappa shape index (κ2) is 9.67. The van der Waals surface area contributed by atoms with Gasteiger partial charge in [-0.1, -0.05) is 66.7 Å². The average Bonchev–Trinajstić information content (AvgIpc) is 3.63. The van der Waals surface area contributed by atoms with Crippen LogP contribution in [0.1, 0.15) is 24.0 Å². The molecule has 2 amide bonds. The molecule has 1 saturated carbocycles. The zero-order valence-corrected chi connectivity index (χ0v) is 17.9. The van der Waals surface area contributed by atoms with Crippen LogP contribution in [-0.4, -0.2) is 63.4 Å². The number of carbonyl (C=O) groups is 1. The number of rotatable bonds is 8. The van der Waals surface area contributed by atoms with Crippen LogP contribution in [0.5, 0.6) is 0 Å². The van der Waals surface area contributed by atoms with Crippen molar-refractivity contribution in [1.29, 1.82) is 0 Å². The fourth-order valence-corrected chi connectivity index (χ4v) is 4.59. The number of carbonyl (C=O) groups excluding carboxylic acids is 1. The minimum atomic E-state index is -1.05. The number of hydrogen-bond donors (Lipinski definition) is 2. The van der Waals surface area contributed by atoms with Crippen LogP contribution in [-0.2, 0) is 12.8 Å². The SMILES string of the molecule is C=CCN1C(=O)N(CC2CC2)[C@H](Cc2ccccc2)[C@H](O)[C@@H](O)[C@H]1Cc1ccccc1. The summed E-state index contributed by atoms with van der Waals surface area (Å²) < 4.78 is 0. The molecule has 0 unspecified atom stereocenters. The largest absolute Gasteiger partial charge is 0.388 e. The van der Waals surface area contributed by atoms with Crippen molar-refractivity contribution in [3.63, 3.8) is 0 Å². The predicted molar refractivity (Wildman–Crippen MR) is 122 cm³/mol. The van der Waals surface area contributed by atoms with Gasteiger partial charge in [-0.15, -0.1) is 6.58 Å². The smallest absolute Gasteiger partial charge is 0.321 e. The van der Waals surface area contributed by atoms with Crippen molar-refractivity contribution in [3.05, 3.63) is 84.4 Å². The zero-order valence-electron chi connectivity index (χ0n) is 17.9. The van der Waals surface area contributed by atoms with Crippen molar-refractivity contribution in [2.45, 2.75) is 50.0 Å². The zero-order chi connectivity index (χ0) is 21.8. The number of urea groups is 1. The molecule has 2 fully saturated rings. The molecule has 2 N–H and O–H groups in total. The number of aliphatic hydroxyl groups excluding tert-OH is 2. The summed E-state index contributed by atoms with van der Waals surface area (Å²) in [5.41, 5.74) is 2.07. The molecular formula is C26H32N2O3. The van der Waals surface area contributed by atoms with Crippen molar-refractivity contribution in [1.82, 2.24) is 9.80 Å². The third kappa shape index (κ3) is 5.00. The molecule has 0 bridgehead atoms. The lowest BCUT2D eigenvalue weighted by Gasteiger charge is -2.35. The fraction of sp³-hybridized carbons (Fsp3) is 0.423. The lowest BCUT2D eigenvalue weighted by Crippen LogP contribution is -2.51. The summed E-state index contributed by atoms with van der Waals surface area (Å²) in [5, 5.41) is 22.6. The highest BCUT2D eigenvalue weighted by Gasteiger charge is 2.47. The van der Waals surface area contributed by atoms with Gasteiger partial charge >= 0.3 is 6.03 Å². The molecule has 0 aromatic heterocycles. The first kappa shape index (κ1) is 21.6. The van der Waals surface area contributed by atoms with Gasteiger partial charge in [0, 0.05) is 13.1 Å². The highest BCUT2D eigenvalue weighted by atomic mass is 16.3. The Morgan fingerprint density at radius 2 is 1.32 bits per heavy atom. The number of benzene rings is 2. The summed E-state index contributed by atoms with van der Waals surface area (Å²) in [5.74, 6) is 0.475. The molecule has 5 heteroatoms. The summed E-state index contributed by atoms with van der Waals surface area (Å²) >= 11 is 0. The lowest BCUT2D eigenvalue weighted by molar-refractivity contribution is -0.0389. The van der Waals surface area contributed by atoms with Crippen LogP contribution >= 0.6 is 0 Å². The molecule has 0 radical (unpaired) electrons. The molecule has 2 aromatic rings. The molecule has 4 rings (SSSR count). The maximum absolute atomic E-state index is 13.8. The Labute approximate surface area is 184 Å². The minimum Gasteiger partial charge on any atom is -0.388 e. The first-order valence-electron chi connectivity index (χ1n) is 11.2. The normalized spacial score (nSPS) is 26.6. The summed E-state index contributed by atoms with van der Waals surface area (Å²) in [4.78, 5) is 17.3. The second-order valence-electron chi connectivity index (χ2n) is 8.81. The van der Waals surface area contributed by atoms with Gasteiger partial charge in [-0.05, 0) is 42.7 Å². The Bertz CT molecular complexity index is 869. The number of amides is 2. The summed E-state index contributed by atoms with van der Waals surface area (Å²) in [6, 6.07) is 18.6. The van der Waals surface area contributed by atoms with Gasteiger partial charge < -0.3 is 20.0 Å². The van der Waals surface area contributed by atoms with Crippen LogP contribution < -0.4 is 0 Å². The van der Waals surface area contributed by atoms with E-state index in [0.29, 0.717) is 31.8 Å². The van der Waals surface area contributed by atoms with Crippen LogP contribution in [0.25, 0.3) is 0 Å². The van der Waals surface area contributed by atoms with Gasteiger partial charge in [-0.25, -0.2) is 4.79 Å². The van der Waals surface area contributed by atoms with Crippen molar-refractivity contribution in [3.8, 4) is 0 Å². The number of hydrogen-bond acceptors (Lipinski definition) is 3. The van der Waals surface area contributed by atoms with Gasteiger partial charge in [0.15, 0.2) is 0 Å². The van der Waals surface area contributed by atoms with E-state index in [0.717, 1.165) is 24.0 Å². The second-order valence-corrected chi connectivity index (χ2v) is 8.81. The van der Waals surface area contributed by atoms with Crippen molar-refractivity contribution in [2.24, 2.45) is 5.92 Å². The van der Waals surface area contributed by atoms with E-state index >= 15 is 0 Å². The van der Waals surface area contributed by atoms with E-state index in [1.54, 1.807) is 11.0 Å². The molecule has 1 saturated heterocycles. The van der Waals surface area contributed by atoms with Crippen molar-refractivity contribution >= 4 is 6.03 Å². The quantitative estimate of drug-likeness (QED) is 0.645. The molecular weight excluding hydrogens is 388 g/mol. The third-order valence-corrected chi connectivity index (χ3v) is 6.48. The van der Waals surface area contributed by atoms with Gasteiger partial charge in [0.25, 0.3) is 0 Å². The fourth-order valence-electron chi connectivity index (χ4n) is 4.59. The van der Waals surface area contributed by atoms with E-state index in [2.05, 4.69) is 6.58 Å². The highest BCUT2D eigenvalue weighted by Crippen LogP contribution is 2.34. The first-order valence-corrected chi connectivity index (χ1v) is 11.2. The van der Waals surface area contributed by atoms with Gasteiger partial charge in [0.05, 0.1) is 12.1 Å². The Balaban J connectivity index is 1.69. The van der Waals surface area contributed by atoms with Crippen LogP contribution in [0.15, 0.2) is 73.3 Å². The standard InChI is InChI=1S/C26H32N2O3/c1-2-15-27-22(16-19-9-5-3-6-10-19)24(29)25(30)23(17-20-11-7-4-8-12-20)28(26(27)31)18-21-13-14-21/h2-12,21-25,29-30H,1,13-18H2/t22-,23-,24+,25+/m1/s1. The van der Waals surface area contributed by atoms with Crippen molar-refractivity contribution < 1.29 is 15.0 Å². The first-order chi connectivity index (χ1) is 15.1. The van der Waals surface area contributed by atoms with Crippen molar-refractivity contribution in [2.75, 3.05) is 13.1 Å². The molecule has 2 aromatic carbocycles. The summed E-state index contributed by atoms with van der Waals surface area (Å²) in [6.07, 6.45) is 2.81. The van der Waals surface area contributed by atoms with Gasteiger partial charge in [0.2, 0.25) is 0 Å². The summed E-state index contributed by atoms with van der Waals surface area (Å²) in [7, 11) is 0. The van der Waals surface area contributed by atoms with E-state index in [1.807, 2.05) is 65.6 Å². The third-order valence-electron chi connectivity index (χ3n) is 6.48. The topological polar surface area (TPSA) is 64.0 Å². The molecule has 164 valence electrons. The molecule has 1 heterocycles. The number of aliphatic hydroxyl groups is 2. The van der Waals surface area contributed by atoms with Crippen LogP contribution in [0.2, 0.25) is 0 Å². The highest BCUT2D eigenvalue weighted by molar-refractivity contribution is 5.76. The van der Waals surface area contributed by atoms with Crippen LogP contribution in [0, 0.1) is 5.92 Å². The average molecular weight is 421 g/mol. The molecule has 4 atom stereocenters. The minimum absolute atomic E-state index is 0.121. The van der Waals surface area contributed by atoms with E-state index in [-0.39, 0.29) is 6.03 Å².